The predicted molar refractivity (Wildman–Crippen MR) is 117 cm³/mol. The first kappa shape index (κ1) is 22.4. The molecule has 3 aromatic rings. The highest BCUT2D eigenvalue weighted by atomic mass is 19.1. The smallest absolute Gasteiger partial charge is 0.281 e. The normalized spacial score (nSPS) is 10.0. The van der Waals surface area contributed by atoms with Crippen molar-refractivity contribution in [3.63, 3.8) is 0 Å². The van der Waals surface area contributed by atoms with E-state index in [9.17, 15) is 10.1 Å². The monoisotopic (exact) mass is 437 g/mol. The summed E-state index contributed by atoms with van der Waals surface area (Å²) in [6.07, 6.45) is 0. The lowest BCUT2D eigenvalue weighted by Crippen LogP contribution is -1.98. The van der Waals surface area contributed by atoms with Crippen LogP contribution >= 0.6 is 0 Å². The Morgan fingerprint density at radius 3 is 1.91 bits per heavy atom. The van der Waals surface area contributed by atoms with Crippen LogP contribution in [0.25, 0.3) is 11.1 Å². The molecule has 32 heavy (non-hydrogen) atoms. The molecule has 164 valence electrons. The van der Waals surface area contributed by atoms with Crippen LogP contribution in [0.5, 0.6) is 23.0 Å². The second-order valence-corrected chi connectivity index (χ2v) is 6.47. The lowest BCUT2D eigenvalue weighted by Gasteiger charge is -2.12. The number of hydrogen-bond acceptors (Lipinski definition) is 6. The molecule has 0 saturated carbocycles. The Hall–Kier alpha value is -4.25. The van der Waals surface area contributed by atoms with Crippen LogP contribution in [0.1, 0.15) is 11.1 Å². The third-order valence-corrected chi connectivity index (χ3v) is 4.66. The molecular formula is C24H20FNO6. The third kappa shape index (κ3) is 4.42. The van der Waals surface area contributed by atoms with Crippen molar-refractivity contribution < 1.29 is 28.3 Å². The number of nitrogens with zero attached hydrogens (tertiary/aromatic N) is 1. The lowest BCUT2D eigenvalue weighted by atomic mass is 9.99. The molecule has 0 radical (unpaired) electrons. The molecule has 3 rings (SSSR count). The largest absolute Gasteiger partial charge is 0.496 e. The Morgan fingerprint density at radius 1 is 0.812 bits per heavy atom. The van der Waals surface area contributed by atoms with E-state index in [1.807, 2.05) is 0 Å². The number of halogens is 1. The van der Waals surface area contributed by atoms with E-state index < -0.39 is 16.4 Å². The number of nitro groups is 1. The molecule has 8 heteroatoms. The molecule has 0 fully saturated rings. The number of methoxy groups -OCH3 is 4. The van der Waals surface area contributed by atoms with Gasteiger partial charge in [0.2, 0.25) is 5.75 Å². The van der Waals surface area contributed by atoms with E-state index >= 15 is 4.39 Å². The highest BCUT2D eigenvalue weighted by Crippen LogP contribution is 2.39. The van der Waals surface area contributed by atoms with Gasteiger partial charge in [-0.25, -0.2) is 4.39 Å². The lowest BCUT2D eigenvalue weighted by molar-refractivity contribution is -0.384. The summed E-state index contributed by atoms with van der Waals surface area (Å²) in [5.41, 5.74) is 0.343. The SMILES string of the molecule is COc1ccccc1-c1c(F)cc(C#Cc2cc(OC)c(OC)c(OC)c2)cc1[N+](=O)[O-]. The second kappa shape index (κ2) is 9.71. The zero-order valence-corrected chi connectivity index (χ0v) is 17.9. The van der Waals surface area contributed by atoms with Crippen molar-refractivity contribution in [2.75, 3.05) is 28.4 Å². The fourth-order valence-corrected chi connectivity index (χ4v) is 3.22. The summed E-state index contributed by atoms with van der Waals surface area (Å²) in [6, 6.07) is 12.2. The van der Waals surface area contributed by atoms with Gasteiger partial charge in [-0.1, -0.05) is 30.0 Å². The third-order valence-electron chi connectivity index (χ3n) is 4.66. The van der Waals surface area contributed by atoms with Gasteiger partial charge in [0.15, 0.2) is 11.5 Å². The van der Waals surface area contributed by atoms with Gasteiger partial charge >= 0.3 is 0 Å². The Labute approximate surface area is 184 Å². The fraction of sp³-hybridized carbons (Fsp3) is 0.167. The zero-order valence-electron chi connectivity index (χ0n) is 17.9. The Kier molecular flexibility index (Phi) is 6.80. The van der Waals surface area contributed by atoms with Crippen molar-refractivity contribution in [2.24, 2.45) is 0 Å². The van der Waals surface area contributed by atoms with Crippen molar-refractivity contribution in [1.29, 1.82) is 0 Å². The summed E-state index contributed by atoms with van der Waals surface area (Å²) < 4.78 is 36.1. The number of benzene rings is 3. The maximum absolute atomic E-state index is 15.1. The Balaban J connectivity index is 2.11. The van der Waals surface area contributed by atoms with Gasteiger partial charge in [0.25, 0.3) is 5.69 Å². The van der Waals surface area contributed by atoms with Gasteiger partial charge in [-0.3, -0.25) is 10.1 Å². The summed E-state index contributed by atoms with van der Waals surface area (Å²) in [5.74, 6) is 6.38. The quantitative estimate of drug-likeness (QED) is 0.312. The van der Waals surface area contributed by atoms with E-state index in [-0.39, 0.29) is 16.7 Å². The topological polar surface area (TPSA) is 80.1 Å². The number of ether oxygens (including phenoxy) is 4. The number of hydrogen-bond donors (Lipinski definition) is 0. The summed E-state index contributed by atoms with van der Waals surface area (Å²) in [5, 5.41) is 11.7. The molecule has 0 N–H and O–H groups in total. The van der Waals surface area contributed by atoms with Gasteiger partial charge in [-0.15, -0.1) is 0 Å². The second-order valence-electron chi connectivity index (χ2n) is 6.47. The molecule has 0 aliphatic carbocycles. The molecule has 0 heterocycles. The minimum atomic E-state index is -0.780. The maximum atomic E-state index is 15.1. The Morgan fingerprint density at radius 2 is 1.38 bits per heavy atom. The summed E-state index contributed by atoms with van der Waals surface area (Å²) in [4.78, 5) is 11.1. The first-order chi connectivity index (χ1) is 15.4. The minimum absolute atomic E-state index is 0.140. The first-order valence-corrected chi connectivity index (χ1v) is 9.36. The molecule has 0 aromatic heterocycles. The van der Waals surface area contributed by atoms with Gasteiger partial charge < -0.3 is 18.9 Å². The first-order valence-electron chi connectivity index (χ1n) is 9.36. The molecule has 0 amide bonds. The molecule has 0 spiro atoms. The van der Waals surface area contributed by atoms with Gasteiger partial charge in [-0.05, 0) is 24.3 Å². The molecule has 3 aromatic carbocycles. The van der Waals surface area contributed by atoms with E-state index in [0.717, 1.165) is 6.07 Å². The van der Waals surface area contributed by atoms with Crippen LogP contribution in [0.2, 0.25) is 0 Å². The summed E-state index contributed by atoms with van der Waals surface area (Å²) >= 11 is 0. The number of para-hydroxylation sites is 1. The molecule has 0 unspecified atom stereocenters. The van der Waals surface area contributed by atoms with Crippen molar-refractivity contribution in [1.82, 2.24) is 0 Å². The van der Waals surface area contributed by atoms with Crippen LogP contribution < -0.4 is 18.9 Å². The van der Waals surface area contributed by atoms with E-state index in [0.29, 0.717) is 28.6 Å². The molecule has 0 bridgehead atoms. The van der Waals surface area contributed by atoms with Crippen LogP contribution in [0.4, 0.5) is 10.1 Å². The average molecular weight is 437 g/mol. The minimum Gasteiger partial charge on any atom is -0.496 e. The van der Waals surface area contributed by atoms with Crippen molar-refractivity contribution in [3.8, 4) is 46.0 Å². The summed E-state index contributed by atoms with van der Waals surface area (Å²) in [6.45, 7) is 0. The van der Waals surface area contributed by atoms with Crippen molar-refractivity contribution in [2.45, 2.75) is 0 Å². The van der Waals surface area contributed by atoms with Gasteiger partial charge in [0.05, 0.1) is 38.9 Å². The van der Waals surface area contributed by atoms with Gasteiger partial charge in [-0.2, -0.15) is 0 Å². The van der Waals surface area contributed by atoms with E-state index in [1.54, 1.807) is 36.4 Å². The number of rotatable bonds is 6. The van der Waals surface area contributed by atoms with E-state index in [1.165, 1.54) is 34.5 Å². The van der Waals surface area contributed by atoms with E-state index in [4.69, 9.17) is 18.9 Å². The average Bonchev–Trinajstić information content (AvgIpc) is 2.81. The molecule has 0 saturated heterocycles. The van der Waals surface area contributed by atoms with Crippen molar-refractivity contribution in [3.05, 3.63) is 75.6 Å². The number of nitro benzene ring substituents is 1. The van der Waals surface area contributed by atoms with Gasteiger partial charge in [0.1, 0.15) is 11.6 Å². The standard InChI is InChI=1S/C24H20FNO6/c1-29-20-8-6-5-7-17(20)23-18(25)11-15(12-19(23)26(27)28)9-10-16-13-21(30-2)24(32-4)22(14-16)31-3/h5-8,11-14H,1-4H3. The van der Waals surface area contributed by atoms with Crippen LogP contribution in [-0.2, 0) is 0 Å². The van der Waals surface area contributed by atoms with Crippen LogP contribution in [-0.4, -0.2) is 33.4 Å². The molecule has 0 aliphatic heterocycles. The van der Waals surface area contributed by atoms with Crippen LogP contribution in [0.3, 0.4) is 0 Å². The predicted octanol–water partition coefficient (Wildman–Crippen LogP) is 4.84. The fourth-order valence-electron chi connectivity index (χ4n) is 3.22. The molecule has 0 atom stereocenters. The Bertz CT molecular complexity index is 1200. The molecular weight excluding hydrogens is 417 g/mol. The maximum Gasteiger partial charge on any atom is 0.281 e. The molecule has 0 aliphatic rings. The van der Waals surface area contributed by atoms with Gasteiger partial charge in [0, 0.05) is 22.8 Å². The summed E-state index contributed by atoms with van der Waals surface area (Å²) in [7, 11) is 5.85. The highest BCUT2D eigenvalue weighted by Gasteiger charge is 2.23. The zero-order chi connectivity index (χ0) is 23.3. The molecule has 7 nitrogen and oxygen atoms in total. The highest BCUT2D eigenvalue weighted by molar-refractivity contribution is 5.79. The van der Waals surface area contributed by atoms with E-state index in [2.05, 4.69) is 11.8 Å². The van der Waals surface area contributed by atoms with Crippen LogP contribution in [0, 0.1) is 27.8 Å². The van der Waals surface area contributed by atoms with Crippen molar-refractivity contribution >= 4 is 5.69 Å². The van der Waals surface area contributed by atoms with Crippen LogP contribution in [0.15, 0.2) is 48.5 Å².